The molecule has 1 aromatic heterocycles. The zero-order valence-electron chi connectivity index (χ0n) is 12.0. The molecule has 0 radical (unpaired) electrons. The molecule has 0 bridgehead atoms. The molecule has 1 aliphatic rings. The zero-order valence-corrected chi connectivity index (χ0v) is 12.0. The average molecular weight is 280 g/mol. The molecule has 1 saturated heterocycles. The lowest BCUT2D eigenvalue weighted by Crippen LogP contribution is -2.59. The summed E-state index contributed by atoms with van der Waals surface area (Å²) >= 11 is 0. The topological polar surface area (TPSA) is 76.5 Å². The van der Waals surface area contributed by atoms with Crippen LogP contribution in [0, 0.1) is 6.92 Å². The first-order valence-electron chi connectivity index (χ1n) is 6.58. The Labute approximate surface area is 117 Å². The Hall–Kier alpha value is -1.89. The van der Waals surface area contributed by atoms with Crippen LogP contribution in [0.1, 0.15) is 12.7 Å². The highest BCUT2D eigenvalue weighted by Crippen LogP contribution is 2.18. The molecule has 2 heterocycles. The number of aryl methyl sites for hydroxylation is 1. The Morgan fingerprint density at radius 3 is 2.90 bits per heavy atom. The van der Waals surface area contributed by atoms with Gasteiger partial charge in [0.15, 0.2) is 5.60 Å². The quantitative estimate of drug-likeness (QED) is 0.814. The summed E-state index contributed by atoms with van der Waals surface area (Å²) in [4.78, 5) is 29.9. The third kappa shape index (κ3) is 2.82. The average Bonchev–Trinajstić information content (AvgIpc) is 2.83. The number of nitrogens with one attached hydrogen (secondary N) is 1. The minimum absolute atomic E-state index is 0.0375. The van der Waals surface area contributed by atoms with Gasteiger partial charge in [0.05, 0.1) is 13.2 Å². The second-order valence-electron chi connectivity index (χ2n) is 5.08. The van der Waals surface area contributed by atoms with Gasteiger partial charge in [-0.05, 0) is 13.8 Å². The molecular weight excluding hydrogens is 260 g/mol. The molecule has 1 unspecified atom stereocenters. The van der Waals surface area contributed by atoms with Crippen LogP contribution in [0.15, 0.2) is 12.4 Å². The number of ether oxygens (including phenoxy) is 1. The van der Waals surface area contributed by atoms with Gasteiger partial charge in [-0.1, -0.05) is 0 Å². The van der Waals surface area contributed by atoms with Gasteiger partial charge in [0, 0.05) is 26.0 Å². The van der Waals surface area contributed by atoms with Crippen molar-refractivity contribution in [3.05, 3.63) is 18.2 Å². The summed E-state index contributed by atoms with van der Waals surface area (Å²) in [6.45, 7) is 4.90. The fourth-order valence-electron chi connectivity index (χ4n) is 2.30. The normalized spacial score (nSPS) is 22.6. The summed E-state index contributed by atoms with van der Waals surface area (Å²) in [6, 6.07) is 0. The Bertz CT molecular complexity index is 513. The third-order valence-corrected chi connectivity index (χ3v) is 3.56. The van der Waals surface area contributed by atoms with Crippen molar-refractivity contribution < 1.29 is 14.3 Å². The number of likely N-dealkylation sites (N-methyl/N-ethyl adjacent to an activating group) is 1. The van der Waals surface area contributed by atoms with Crippen molar-refractivity contribution in [1.82, 2.24) is 19.8 Å². The van der Waals surface area contributed by atoms with E-state index in [1.165, 1.54) is 0 Å². The predicted octanol–water partition coefficient (Wildman–Crippen LogP) is -0.445. The SMILES string of the molecule is CNC(=O)C1(C)CN(C(=O)Cn2ccnc2C)CCO1. The second-order valence-corrected chi connectivity index (χ2v) is 5.08. The summed E-state index contributed by atoms with van der Waals surface area (Å²) in [7, 11) is 1.56. The van der Waals surface area contributed by atoms with Crippen LogP contribution in [0.25, 0.3) is 0 Å². The lowest BCUT2D eigenvalue weighted by molar-refractivity contribution is -0.162. The maximum atomic E-state index is 12.3. The fraction of sp³-hybridized carbons (Fsp3) is 0.615. The lowest BCUT2D eigenvalue weighted by Gasteiger charge is -2.39. The van der Waals surface area contributed by atoms with Crippen LogP contribution >= 0.6 is 0 Å². The number of amides is 2. The molecule has 2 rings (SSSR count). The van der Waals surface area contributed by atoms with Gasteiger partial charge >= 0.3 is 0 Å². The molecule has 0 aliphatic carbocycles. The van der Waals surface area contributed by atoms with E-state index in [0.29, 0.717) is 13.2 Å². The molecular formula is C13H20N4O3. The van der Waals surface area contributed by atoms with Gasteiger partial charge in [0.2, 0.25) is 5.91 Å². The highest BCUT2D eigenvalue weighted by atomic mass is 16.5. The first-order chi connectivity index (χ1) is 9.46. The minimum Gasteiger partial charge on any atom is -0.362 e. The van der Waals surface area contributed by atoms with Crippen molar-refractivity contribution >= 4 is 11.8 Å². The van der Waals surface area contributed by atoms with Gasteiger partial charge in [-0.2, -0.15) is 0 Å². The van der Waals surface area contributed by atoms with Gasteiger partial charge < -0.3 is 19.5 Å². The largest absolute Gasteiger partial charge is 0.362 e. The summed E-state index contributed by atoms with van der Waals surface area (Å²) < 4.78 is 7.32. The molecule has 1 fully saturated rings. The number of aromatic nitrogens is 2. The van der Waals surface area contributed by atoms with Crippen molar-refractivity contribution in [2.75, 3.05) is 26.7 Å². The van der Waals surface area contributed by atoms with E-state index in [1.807, 2.05) is 6.92 Å². The van der Waals surface area contributed by atoms with Gasteiger partial charge in [0.1, 0.15) is 12.4 Å². The van der Waals surface area contributed by atoms with Crippen LogP contribution in [-0.2, 0) is 20.9 Å². The lowest BCUT2D eigenvalue weighted by atomic mass is 10.0. The van der Waals surface area contributed by atoms with E-state index in [0.717, 1.165) is 5.82 Å². The zero-order chi connectivity index (χ0) is 14.8. The number of hydrogen-bond acceptors (Lipinski definition) is 4. The molecule has 1 aliphatic heterocycles. The van der Waals surface area contributed by atoms with E-state index >= 15 is 0 Å². The van der Waals surface area contributed by atoms with E-state index in [4.69, 9.17) is 4.74 Å². The summed E-state index contributed by atoms with van der Waals surface area (Å²) in [5.41, 5.74) is -0.980. The Balaban J connectivity index is 2.04. The van der Waals surface area contributed by atoms with Crippen LogP contribution < -0.4 is 5.32 Å². The maximum Gasteiger partial charge on any atom is 0.253 e. The minimum atomic E-state index is -0.980. The van der Waals surface area contributed by atoms with Crippen LogP contribution in [0.4, 0.5) is 0 Å². The first kappa shape index (κ1) is 14.5. The smallest absolute Gasteiger partial charge is 0.253 e. The van der Waals surface area contributed by atoms with Gasteiger partial charge in [0.25, 0.3) is 5.91 Å². The third-order valence-electron chi connectivity index (χ3n) is 3.56. The van der Waals surface area contributed by atoms with Crippen molar-refractivity contribution in [3.63, 3.8) is 0 Å². The van der Waals surface area contributed by atoms with Crippen molar-refractivity contribution in [2.24, 2.45) is 0 Å². The number of carbonyl (C=O) groups is 2. The highest BCUT2D eigenvalue weighted by Gasteiger charge is 2.40. The number of morpholine rings is 1. The molecule has 1 N–H and O–H groups in total. The van der Waals surface area contributed by atoms with Gasteiger partial charge in [-0.25, -0.2) is 4.98 Å². The van der Waals surface area contributed by atoms with E-state index in [1.54, 1.807) is 35.8 Å². The summed E-state index contributed by atoms with van der Waals surface area (Å²) in [5, 5.41) is 2.57. The van der Waals surface area contributed by atoms with Gasteiger partial charge in [-0.3, -0.25) is 9.59 Å². The molecule has 20 heavy (non-hydrogen) atoms. The van der Waals surface area contributed by atoms with Crippen molar-refractivity contribution in [2.45, 2.75) is 26.0 Å². The molecule has 7 heteroatoms. The summed E-state index contributed by atoms with van der Waals surface area (Å²) in [6.07, 6.45) is 3.43. The Morgan fingerprint density at radius 2 is 2.30 bits per heavy atom. The molecule has 1 atom stereocenters. The molecule has 1 aromatic rings. The molecule has 2 amide bonds. The standard InChI is InChI=1S/C13H20N4O3/c1-10-15-4-5-16(10)8-11(18)17-6-7-20-13(2,9-17)12(19)14-3/h4-5H,6-9H2,1-3H3,(H,14,19). The molecule has 0 spiro atoms. The number of rotatable bonds is 3. The number of nitrogens with zero attached hydrogens (tertiary/aromatic N) is 3. The highest BCUT2D eigenvalue weighted by molar-refractivity contribution is 5.86. The van der Waals surface area contributed by atoms with Crippen LogP contribution in [0.5, 0.6) is 0 Å². The maximum absolute atomic E-state index is 12.3. The second kappa shape index (κ2) is 5.62. The fourth-order valence-corrected chi connectivity index (χ4v) is 2.30. The number of carbonyl (C=O) groups excluding carboxylic acids is 2. The number of hydrogen-bond donors (Lipinski definition) is 1. The number of imidazole rings is 1. The predicted molar refractivity (Wildman–Crippen MR) is 72.0 cm³/mol. The van der Waals surface area contributed by atoms with E-state index in [9.17, 15) is 9.59 Å². The van der Waals surface area contributed by atoms with Crippen LogP contribution in [0.2, 0.25) is 0 Å². The summed E-state index contributed by atoms with van der Waals surface area (Å²) in [5.74, 6) is 0.541. The monoisotopic (exact) mass is 280 g/mol. The Kier molecular flexibility index (Phi) is 4.08. The van der Waals surface area contributed by atoms with E-state index < -0.39 is 5.60 Å². The van der Waals surface area contributed by atoms with Crippen molar-refractivity contribution in [3.8, 4) is 0 Å². The van der Waals surface area contributed by atoms with Crippen molar-refractivity contribution in [1.29, 1.82) is 0 Å². The Morgan fingerprint density at radius 1 is 1.55 bits per heavy atom. The van der Waals surface area contributed by atoms with E-state index in [-0.39, 0.29) is 24.9 Å². The molecule has 110 valence electrons. The van der Waals surface area contributed by atoms with E-state index in [2.05, 4.69) is 10.3 Å². The van der Waals surface area contributed by atoms with Crippen LogP contribution in [0.3, 0.4) is 0 Å². The van der Waals surface area contributed by atoms with Gasteiger partial charge in [-0.15, -0.1) is 0 Å². The first-order valence-corrected chi connectivity index (χ1v) is 6.58. The van der Waals surface area contributed by atoms with Crippen LogP contribution in [-0.4, -0.2) is 58.6 Å². The molecule has 0 saturated carbocycles. The molecule has 0 aromatic carbocycles. The molecule has 7 nitrogen and oxygen atoms in total.